The summed E-state index contributed by atoms with van der Waals surface area (Å²) in [6, 6.07) is 7.71. The van der Waals surface area contributed by atoms with Gasteiger partial charge >= 0.3 is 0 Å². The van der Waals surface area contributed by atoms with Gasteiger partial charge in [0.2, 0.25) is 6.79 Å². The average molecular weight is 395 g/mol. The number of phenols is 1. The van der Waals surface area contributed by atoms with E-state index < -0.39 is 0 Å². The van der Waals surface area contributed by atoms with E-state index in [1.165, 1.54) is 11.1 Å². The van der Waals surface area contributed by atoms with Crippen LogP contribution in [0.25, 0.3) is 0 Å². The van der Waals surface area contributed by atoms with Crippen LogP contribution in [0, 0.1) is 5.92 Å². The number of hydrogen-bond donors (Lipinski definition) is 1. The largest absolute Gasteiger partial charge is 0.508 e. The van der Waals surface area contributed by atoms with Crippen molar-refractivity contribution >= 4 is 0 Å². The van der Waals surface area contributed by atoms with Crippen LogP contribution in [0.15, 0.2) is 59.1 Å². The van der Waals surface area contributed by atoms with Crippen LogP contribution < -0.4 is 0 Å². The molecule has 29 heavy (non-hydrogen) atoms. The molecule has 3 aliphatic heterocycles. The first-order chi connectivity index (χ1) is 14.3. The smallest absolute Gasteiger partial charge is 0.230 e. The topological polar surface area (TPSA) is 60.4 Å². The van der Waals surface area contributed by atoms with Gasteiger partial charge in [0, 0.05) is 36.9 Å². The predicted molar refractivity (Wildman–Crippen MR) is 105 cm³/mol. The highest BCUT2D eigenvalue weighted by molar-refractivity contribution is 5.49. The van der Waals surface area contributed by atoms with Crippen LogP contribution in [0.3, 0.4) is 0 Å². The Labute approximate surface area is 170 Å². The average Bonchev–Trinajstić information content (AvgIpc) is 3.50. The molecule has 6 rings (SSSR count). The number of morpholine rings is 1. The Morgan fingerprint density at radius 3 is 2.69 bits per heavy atom. The third-order valence-electron chi connectivity index (χ3n) is 6.64. The minimum absolute atomic E-state index is 0.0381. The molecule has 4 atom stereocenters. The third kappa shape index (κ3) is 2.98. The molecule has 4 unspecified atom stereocenters. The second-order valence-corrected chi connectivity index (χ2v) is 8.25. The Bertz CT molecular complexity index is 914. The summed E-state index contributed by atoms with van der Waals surface area (Å²) in [6.45, 7) is 3.45. The van der Waals surface area contributed by atoms with E-state index in [0.29, 0.717) is 12.2 Å². The highest BCUT2D eigenvalue weighted by Gasteiger charge is 2.50. The van der Waals surface area contributed by atoms with Crippen molar-refractivity contribution < 1.29 is 24.1 Å². The summed E-state index contributed by atoms with van der Waals surface area (Å²) in [5.41, 5.74) is 3.56. The molecular formula is C23H25NO5. The van der Waals surface area contributed by atoms with Gasteiger partial charge in [0.05, 0.1) is 19.3 Å². The first kappa shape index (κ1) is 17.6. The molecule has 6 nitrogen and oxygen atoms in total. The summed E-state index contributed by atoms with van der Waals surface area (Å²) in [6.07, 6.45) is 5.96. The lowest BCUT2D eigenvalue weighted by molar-refractivity contribution is -0.156. The molecule has 2 saturated heterocycles. The molecular weight excluding hydrogens is 370 g/mol. The molecule has 1 N–H and O–H groups in total. The first-order valence-electron chi connectivity index (χ1n) is 10.4. The van der Waals surface area contributed by atoms with Crippen LogP contribution in [0.4, 0.5) is 0 Å². The number of allylic oxidation sites excluding steroid dienone is 2. The van der Waals surface area contributed by atoms with Crippen LogP contribution >= 0.6 is 0 Å². The fourth-order valence-electron chi connectivity index (χ4n) is 5.17. The van der Waals surface area contributed by atoms with Gasteiger partial charge in [0.1, 0.15) is 17.7 Å². The van der Waals surface area contributed by atoms with E-state index >= 15 is 0 Å². The number of rotatable bonds is 3. The molecule has 2 fully saturated rings. The van der Waals surface area contributed by atoms with E-state index in [1.807, 2.05) is 18.2 Å². The summed E-state index contributed by atoms with van der Waals surface area (Å²) in [5.74, 6) is 2.26. The molecule has 0 amide bonds. The highest BCUT2D eigenvalue weighted by atomic mass is 16.7. The number of para-hydroxylation sites is 1. The molecule has 1 aromatic carbocycles. The lowest BCUT2D eigenvalue weighted by atomic mass is 9.71. The minimum atomic E-state index is -0.0801. The van der Waals surface area contributed by atoms with E-state index in [-0.39, 0.29) is 31.0 Å². The van der Waals surface area contributed by atoms with Gasteiger partial charge in [-0.15, -0.1) is 0 Å². The molecule has 3 heterocycles. The van der Waals surface area contributed by atoms with Crippen molar-refractivity contribution in [2.45, 2.75) is 31.1 Å². The van der Waals surface area contributed by atoms with Crippen LogP contribution in [0.2, 0.25) is 0 Å². The molecule has 0 aromatic heterocycles. The van der Waals surface area contributed by atoms with Gasteiger partial charge in [-0.05, 0) is 24.1 Å². The summed E-state index contributed by atoms with van der Waals surface area (Å²) in [4.78, 5) is 2.41. The minimum Gasteiger partial charge on any atom is -0.508 e. The lowest BCUT2D eigenvalue weighted by Crippen LogP contribution is -2.54. The standard InChI is InChI=1S/C23H25NO5/c25-17-4-2-1-3-15(17)22-16-11-19-20(28-13-27-19)12-18(16)29-23(21(22)14-5-6-14)24-7-9-26-10-8-24/h1-5,11,18,21-23,25H,6-10,12-13H2. The van der Waals surface area contributed by atoms with Crippen LogP contribution in [0.1, 0.15) is 24.3 Å². The Morgan fingerprint density at radius 2 is 1.90 bits per heavy atom. The van der Waals surface area contributed by atoms with Crippen LogP contribution in [-0.4, -0.2) is 55.4 Å². The maximum atomic E-state index is 10.8. The summed E-state index contributed by atoms with van der Waals surface area (Å²) < 4.78 is 23.7. The first-order valence-corrected chi connectivity index (χ1v) is 10.4. The van der Waals surface area contributed by atoms with Gasteiger partial charge in [-0.2, -0.15) is 0 Å². The summed E-state index contributed by atoms with van der Waals surface area (Å²) >= 11 is 0. The number of nitrogens with zero attached hydrogens (tertiary/aromatic N) is 1. The summed E-state index contributed by atoms with van der Waals surface area (Å²) in [7, 11) is 0. The van der Waals surface area contributed by atoms with Crippen molar-refractivity contribution in [3.8, 4) is 5.75 Å². The van der Waals surface area contributed by atoms with E-state index in [2.05, 4.69) is 17.1 Å². The van der Waals surface area contributed by atoms with E-state index in [9.17, 15) is 5.11 Å². The van der Waals surface area contributed by atoms with Crippen LogP contribution in [0.5, 0.6) is 5.75 Å². The second kappa shape index (κ2) is 6.90. The van der Waals surface area contributed by atoms with Crippen molar-refractivity contribution in [3.63, 3.8) is 0 Å². The molecule has 5 aliphatic rings. The van der Waals surface area contributed by atoms with Gasteiger partial charge in [-0.1, -0.05) is 29.8 Å². The third-order valence-corrected chi connectivity index (χ3v) is 6.64. The number of aromatic hydroxyl groups is 1. The zero-order valence-corrected chi connectivity index (χ0v) is 16.3. The molecule has 2 aliphatic carbocycles. The van der Waals surface area contributed by atoms with Gasteiger partial charge < -0.3 is 24.1 Å². The number of ether oxygens (including phenoxy) is 4. The monoisotopic (exact) mass is 395 g/mol. The number of hydrogen-bond acceptors (Lipinski definition) is 6. The molecule has 0 spiro atoms. The molecule has 0 bridgehead atoms. The number of fused-ring (bicyclic) bond motifs is 1. The SMILES string of the molecule is Oc1ccccc1C1C2=CC3=C(CC2OC(N2CCOCC2)C1C1=CC1)OCO3. The van der Waals surface area contributed by atoms with E-state index in [4.69, 9.17) is 18.9 Å². The van der Waals surface area contributed by atoms with Crippen molar-refractivity contribution in [2.24, 2.45) is 5.92 Å². The van der Waals surface area contributed by atoms with Crippen molar-refractivity contribution in [3.05, 3.63) is 64.6 Å². The van der Waals surface area contributed by atoms with Gasteiger partial charge in [0.25, 0.3) is 0 Å². The second-order valence-electron chi connectivity index (χ2n) is 8.25. The maximum absolute atomic E-state index is 10.8. The molecule has 0 radical (unpaired) electrons. The van der Waals surface area contributed by atoms with E-state index in [1.54, 1.807) is 6.07 Å². The lowest BCUT2D eigenvalue weighted by Gasteiger charge is -2.49. The summed E-state index contributed by atoms with van der Waals surface area (Å²) in [5, 5.41) is 10.8. The Kier molecular flexibility index (Phi) is 4.18. The van der Waals surface area contributed by atoms with Crippen molar-refractivity contribution in [2.75, 3.05) is 33.1 Å². The van der Waals surface area contributed by atoms with Crippen molar-refractivity contribution in [1.82, 2.24) is 4.90 Å². The Balaban J connectivity index is 1.47. The zero-order valence-electron chi connectivity index (χ0n) is 16.3. The fourth-order valence-corrected chi connectivity index (χ4v) is 5.17. The molecule has 0 saturated carbocycles. The highest BCUT2D eigenvalue weighted by Crippen LogP contribution is 2.54. The van der Waals surface area contributed by atoms with Gasteiger partial charge in [0.15, 0.2) is 5.76 Å². The normalized spacial score (nSPS) is 33.8. The van der Waals surface area contributed by atoms with Crippen molar-refractivity contribution in [1.29, 1.82) is 0 Å². The zero-order chi connectivity index (χ0) is 19.4. The van der Waals surface area contributed by atoms with Crippen LogP contribution in [-0.2, 0) is 18.9 Å². The van der Waals surface area contributed by atoms with Gasteiger partial charge in [-0.3, -0.25) is 4.90 Å². The van der Waals surface area contributed by atoms with Gasteiger partial charge in [-0.25, -0.2) is 0 Å². The molecule has 6 heteroatoms. The maximum Gasteiger partial charge on any atom is 0.230 e. The fraction of sp³-hybridized carbons (Fsp3) is 0.478. The predicted octanol–water partition coefficient (Wildman–Crippen LogP) is 3.03. The Hall–Kier alpha value is -2.28. The molecule has 152 valence electrons. The number of phenolic OH excluding ortho intramolecular Hbond substituents is 1. The number of benzene rings is 1. The quantitative estimate of drug-likeness (QED) is 0.794. The Morgan fingerprint density at radius 1 is 1.07 bits per heavy atom. The van der Waals surface area contributed by atoms with E-state index in [0.717, 1.165) is 49.8 Å². The molecule has 1 aromatic rings.